The minimum atomic E-state index is -0.0716. The van der Waals surface area contributed by atoms with Crippen LogP contribution in [0.1, 0.15) is 21.6 Å². The molecule has 1 amide bonds. The van der Waals surface area contributed by atoms with Crippen molar-refractivity contribution >= 4 is 29.0 Å². The number of benzene rings is 2. The van der Waals surface area contributed by atoms with Crippen LogP contribution in [0, 0.1) is 0 Å². The highest BCUT2D eigenvalue weighted by Gasteiger charge is 2.11. The minimum Gasteiger partial charge on any atom is -0.492 e. The molecule has 0 aliphatic heterocycles. The van der Waals surface area contributed by atoms with Gasteiger partial charge >= 0.3 is 0 Å². The zero-order valence-corrected chi connectivity index (χ0v) is 18.3. The molecule has 1 aromatic heterocycles. The van der Waals surface area contributed by atoms with E-state index in [0.29, 0.717) is 18.7 Å². The molecule has 0 aliphatic rings. The Kier molecular flexibility index (Phi) is 8.10. The van der Waals surface area contributed by atoms with Crippen molar-refractivity contribution in [1.82, 2.24) is 15.2 Å². The van der Waals surface area contributed by atoms with Crippen LogP contribution in [0.3, 0.4) is 0 Å². The molecule has 0 atom stereocenters. The second-order valence-corrected chi connectivity index (χ2v) is 8.48. The summed E-state index contributed by atoms with van der Waals surface area (Å²) in [5, 5.41) is 5.04. The van der Waals surface area contributed by atoms with Gasteiger partial charge in [0.15, 0.2) is 0 Å². The summed E-state index contributed by atoms with van der Waals surface area (Å²) in [6, 6.07) is 15.5. The molecular formula is C22H25N3O2S2. The summed E-state index contributed by atoms with van der Waals surface area (Å²) in [5.74, 6) is 1.52. The maximum Gasteiger partial charge on any atom is 0.252 e. The lowest BCUT2D eigenvalue weighted by atomic mass is 10.2. The van der Waals surface area contributed by atoms with E-state index in [1.807, 2.05) is 73.5 Å². The van der Waals surface area contributed by atoms with Crippen LogP contribution in [-0.2, 0) is 12.3 Å². The molecule has 3 aromatic rings. The van der Waals surface area contributed by atoms with E-state index in [1.165, 1.54) is 0 Å². The van der Waals surface area contributed by atoms with Crippen molar-refractivity contribution in [3.8, 4) is 5.75 Å². The molecule has 0 unspecified atom stereocenters. The molecule has 0 bridgehead atoms. The van der Waals surface area contributed by atoms with Gasteiger partial charge < -0.3 is 15.0 Å². The maximum atomic E-state index is 12.7. The van der Waals surface area contributed by atoms with Gasteiger partial charge in [-0.3, -0.25) is 4.79 Å². The molecular weight excluding hydrogens is 402 g/mol. The zero-order valence-electron chi connectivity index (χ0n) is 16.6. The standard InChI is InChI=1S/C22H25N3O2S2/c1-25(2)11-12-27-19-9-7-17(8-10-19)13-23-22(26)20-5-3-4-6-21(20)29-15-18-14-28-16-24-18/h3-10,14,16H,11-13,15H2,1-2H3,(H,23,26). The van der Waals surface area contributed by atoms with Crippen LogP contribution in [0.15, 0.2) is 64.3 Å². The molecule has 0 radical (unpaired) electrons. The van der Waals surface area contributed by atoms with Gasteiger partial charge in [-0.25, -0.2) is 4.98 Å². The number of nitrogens with one attached hydrogen (secondary N) is 1. The van der Waals surface area contributed by atoms with E-state index in [2.05, 4.69) is 15.2 Å². The van der Waals surface area contributed by atoms with E-state index in [-0.39, 0.29) is 5.91 Å². The lowest BCUT2D eigenvalue weighted by Crippen LogP contribution is -2.23. The van der Waals surface area contributed by atoms with E-state index in [0.717, 1.165) is 34.2 Å². The Hall–Kier alpha value is -2.35. The number of amides is 1. The maximum absolute atomic E-state index is 12.7. The normalized spacial score (nSPS) is 10.9. The summed E-state index contributed by atoms with van der Waals surface area (Å²) in [6.07, 6.45) is 0. The summed E-state index contributed by atoms with van der Waals surface area (Å²) < 4.78 is 5.70. The Balaban J connectivity index is 1.52. The number of likely N-dealkylation sites (N-methyl/N-ethyl adjacent to an activating group) is 1. The summed E-state index contributed by atoms with van der Waals surface area (Å²) in [6.45, 7) is 2.00. The van der Waals surface area contributed by atoms with Crippen molar-refractivity contribution in [3.05, 3.63) is 76.2 Å². The predicted octanol–water partition coefficient (Wildman–Crippen LogP) is 4.31. The summed E-state index contributed by atoms with van der Waals surface area (Å²) in [7, 11) is 4.04. The molecule has 1 heterocycles. The van der Waals surface area contributed by atoms with Crippen LogP contribution in [0.25, 0.3) is 0 Å². The average Bonchev–Trinajstić information content (AvgIpc) is 3.25. The number of carbonyl (C=O) groups excluding carboxylic acids is 1. The van der Waals surface area contributed by atoms with Gasteiger partial charge in [0, 0.05) is 29.1 Å². The number of carbonyl (C=O) groups is 1. The Morgan fingerprint density at radius 3 is 2.69 bits per heavy atom. The van der Waals surface area contributed by atoms with Crippen LogP contribution in [-0.4, -0.2) is 43.0 Å². The summed E-state index contributed by atoms with van der Waals surface area (Å²) in [4.78, 5) is 20.0. The van der Waals surface area contributed by atoms with E-state index in [4.69, 9.17) is 4.74 Å². The highest BCUT2D eigenvalue weighted by Crippen LogP contribution is 2.26. The monoisotopic (exact) mass is 427 g/mol. The van der Waals surface area contributed by atoms with Crippen molar-refractivity contribution in [1.29, 1.82) is 0 Å². The van der Waals surface area contributed by atoms with Crippen molar-refractivity contribution in [3.63, 3.8) is 0 Å². The van der Waals surface area contributed by atoms with Gasteiger partial charge in [-0.1, -0.05) is 24.3 Å². The van der Waals surface area contributed by atoms with E-state index in [1.54, 1.807) is 23.1 Å². The lowest BCUT2D eigenvalue weighted by molar-refractivity contribution is 0.0948. The second kappa shape index (κ2) is 11.0. The van der Waals surface area contributed by atoms with E-state index >= 15 is 0 Å². The van der Waals surface area contributed by atoms with Crippen LogP contribution in [0.2, 0.25) is 0 Å². The minimum absolute atomic E-state index is 0.0716. The summed E-state index contributed by atoms with van der Waals surface area (Å²) >= 11 is 3.21. The fourth-order valence-corrected chi connectivity index (χ4v) is 4.18. The number of hydrogen-bond acceptors (Lipinski definition) is 6. The van der Waals surface area contributed by atoms with Gasteiger partial charge in [0.1, 0.15) is 12.4 Å². The highest BCUT2D eigenvalue weighted by molar-refractivity contribution is 7.98. The van der Waals surface area contributed by atoms with Gasteiger partial charge in [0.05, 0.1) is 16.8 Å². The Labute approximate surface area is 180 Å². The topological polar surface area (TPSA) is 54.5 Å². The molecule has 1 N–H and O–H groups in total. The second-order valence-electron chi connectivity index (χ2n) is 6.74. The molecule has 0 saturated carbocycles. The molecule has 2 aromatic carbocycles. The van der Waals surface area contributed by atoms with Crippen molar-refractivity contribution in [2.75, 3.05) is 27.2 Å². The molecule has 3 rings (SSSR count). The lowest BCUT2D eigenvalue weighted by Gasteiger charge is -2.12. The number of hydrogen-bond donors (Lipinski definition) is 1. The van der Waals surface area contributed by atoms with Crippen LogP contribution in [0.5, 0.6) is 5.75 Å². The third-order valence-electron chi connectivity index (χ3n) is 4.17. The van der Waals surface area contributed by atoms with Gasteiger partial charge in [-0.05, 0) is 43.9 Å². The fourth-order valence-electron chi connectivity index (χ4n) is 2.57. The first-order chi connectivity index (χ1) is 14.1. The van der Waals surface area contributed by atoms with Crippen LogP contribution >= 0.6 is 23.1 Å². The Morgan fingerprint density at radius 2 is 1.97 bits per heavy atom. The third-order valence-corrected chi connectivity index (χ3v) is 5.92. The molecule has 29 heavy (non-hydrogen) atoms. The van der Waals surface area contributed by atoms with Gasteiger partial charge in [0.2, 0.25) is 0 Å². The SMILES string of the molecule is CN(C)CCOc1ccc(CNC(=O)c2ccccc2SCc2cscn2)cc1. The fraction of sp³-hybridized carbons (Fsp3) is 0.273. The Morgan fingerprint density at radius 1 is 1.17 bits per heavy atom. The van der Waals surface area contributed by atoms with Crippen molar-refractivity contribution in [2.45, 2.75) is 17.2 Å². The predicted molar refractivity (Wildman–Crippen MR) is 120 cm³/mol. The smallest absolute Gasteiger partial charge is 0.252 e. The van der Waals surface area contributed by atoms with E-state index < -0.39 is 0 Å². The van der Waals surface area contributed by atoms with E-state index in [9.17, 15) is 4.79 Å². The number of nitrogens with zero attached hydrogens (tertiary/aromatic N) is 2. The largest absolute Gasteiger partial charge is 0.492 e. The Bertz CT molecular complexity index is 897. The number of aromatic nitrogens is 1. The van der Waals surface area contributed by atoms with Gasteiger partial charge in [-0.2, -0.15) is 0 Å². The van der Waals surface area contributed by atoms with Gasteiger partial charge in [-0.15, -0.1) is 23.1 Å². The highest BCUT2D eigenvalue weighted by atomic mass is 32.2. The molecule has 0 aliphatic carbocycles. The summed E-state index contributed by atoms with van der Waals surface area (Å²) in [5.41, 5.74) is 4.58. The average molecular weight is 428 g/mol. The first-order valence-electron chi connectivity index (χ1n) is 9.35. The molecule has 5 nitrogen and oxygen atoms in total. The molecule has 0 fully saturated rings. The van der Waals surface area contributed by atoms with Crippen LogP contribution in [0.4, 0.5) is 0 Å². The third kappa shape index (κ3) is 6.88. The van der Waals surface area contributed by atoms with Crippen LogP contribution < -0.4 is 10.1 Å². The van der Waals surface area contributed by atoms with Crippen molar-refractivity contribution < 1.29 is 9.53 Å². The number of rotatable bonds is 10. The quantitative estimate of drug-likeness (QED) is 0.489. The van der Waals surface area contributed by atoms with Crippen molar-refractivity contribution in [2.24, 2.45) is 0 Å². The number of thiazole rings is 1. The zero-order chi connectivity index (χ0) is 20.5. The molecule has 7 heteroatoms. The molecule has 0 saturated heterocycles. The number of thioether (sulfide) groups is 1. The van der Waals surface area contributed by atoms with Gasteiger partial charge in [0.25, 0.3) is 5.91 Å². The molecule has 0 spiro atoms. The molecule has 152 valence electrons. The first-order valence-corrected chi connectivity index (χ1v) is 11.3. The number of ether oxygens (including phenoxy) is 1. The first kappa shape index (κ1) is 21.4.